The van der Waals surface area contributed by atoms with Gasteiger partial charge in [-0.15, -0.1) is 0 Å². The van der Waals surface area contributed by atoms with Crippen LogP contribution in [0.2, 0.25) is 0 Å². The van der Waals surface area contributed by atoms with Crippen LogP contribution in [-0.4, -0.2) is 29.8 Å². The van der Waals surface area contributed by atoms with Crippen LogP contribution in [0.3, 0.4) is 0 Å². The third-order valence-electron chi connectivity index (χ3n) is 3.36. The first-order valence-electron chi connectivity index (χ1n) is 6.48. The highest BCUT2D eigenvalue weighted by atomic mass is 79.9. The Morgan fingerprint density at radius 3 is 3.00 bits per heavy atom. The Hall–Kier alpha value is -1.59. The fourth-order valence-corrected chi connectivity index (χ4v) is 2.74. The molecule has 3 rings (SSSR count). The molecule has 1 fully saturated rings. The molecule has 0 aliphatic carbocycles. The Morgan fingerprint density at radius 2 is 2.20 bits per heavy atom. The van der Waals surface area contributed by atoms with Gasteiger partial charge in [-0.25, -0.2) is 0 Å². The number of halogens is 1. The highest BCUT2D eigenvalue weighted by Crippen LogP contribution is 2.28. The maximum absolute atomic E-state index is 9.58. The molecular formula is C15H15BrN2O2. The van der Waals surface area contributed by atoms with Crippen molar-refractivity contribution in [2.24, 2.45) is 0 Å². The normalized spacial score (nSPS) is 19.1. The molecule has 1 aromatic carbocycles. The molecule has 1 atom stereocenters. The zero-order valence-electron chi connectivity index (χ0n) is 10.9. The summed E-state index contributed by atoms with van der Waals surface area (Å²) in [7, 11) is 0. The van der Waals surface area contributed by atoms with Gasteiger partial charge in [-0.1, -0.05) is 12.1 Å². The number of hydrogen-bond donors (Lipinski definition) is 1. The van der Waals surface area contributed by atoms with Crippen molar-refractivity contribution in [3.8, 4) is 5.75 Å². The second kappa shape index (κ2) is 5.81. The molecule has 2 aromatic rings. The zero-order chi connectivity index (χ0) is 13.9. The summed E-state index contributed by atoms with van der Waals surface area (Å²) in [5, 5.41) is 9.58. The van der Waals surface area contributed by atoms with E-state index in [0.717, 1.165) is 28.8 Å². The molecule has 0 unspecified atom stereocenters. The average Bonchev–Trinajstić information content (AvgIpc) is 2.47. The number of aromatic hydroxyl groups is 1. The SMILES string of the molecule is Oc1cccc([C@H]2CN(c3cncc(Br)c3)CCO2)c1. The third kappa shape index (κ3) is 2.94. The van der Waals surface area contributed by atoms with Crippen LogP contribution in [0.15, 0.2) is 47.2 Å². The van der Waals surface area contributed by atoms with Crippen molar-refractivity contribution < 1.29 is 9.84 Å². The maximum Gasteiger partial charge on any atom is 0.115 e. The molecule has 1 aliphatic rings. The highest BCUT2D eigenvalue weighted by molar-refractivity contribution is 9.10. The van der Waals surface area contributed by atoms with Gasteiger partial charge in [-0.3, -0.25) is 4.98 Å². The molecule has 1 saturated heterocycles. The summed E-state index contributed by atoms with van der Waals surface area (Å²) in [5.74, 6) is 0.271. The van der Waals surface area contributed by atoms with Gasteiger partial charge in [0, 0.05) is 23.8 Å². The van der Waals surface area contributed by atoms with E-state index >= 15 is 0 Å². The van der Waals surface area contributed by atoms with Crippen LogP contribution in [0.5, 0.6) is 5.75 Å². The quantitative estimate of drug-likeness (QED) is 0.916. The Labute approximate surface area is 126 Å². The lowest BCUT2D eigenvalue weighted by molar-refractivity contribution is 0.0396. The van der Waals surface area contributed by atoms with Crippen molar-refractivity contribution in [1.82, 2.24) is 4.98 Å². The minimum atomic E-state index is -0.0326. The summed E-state index contributed by atoms with van der Waals surface area (Å²) in [4.78, 5) is 6.45. The summed E-state index contributed by atoms with van der Waals surface area (Å²) >= 11 is 3.44. The molecule has 5 heteroatoms. The van der Waals surface area contributed by atoms with E-state index in [9.17, 15) is 5.11 Å². The van der Waals surface area contributed by atoms with Gasteiger partial charge in [-0.05, 0) is 39.7 Å². The van der Waals surface area contributed by atoms with Crippen LogP contribution in [0.25, 0.3) is 0 Å². The van der Waals surface area contributed by atoms with E-state index in [1.54, 1.807) is 18.3 Å². The van der Waals surface area contributed by atoms with E-state index in [-0.39, 0.29) is 11.9 Å². The highest BCUT2D eigenvalue weighted by Gasteiger charge is 2.22. The zero-order valence-corrected chi connectivity index (χ0v) is 12.5. The van der Waals surface area contributed by atoms with Crippen LogP contribution in [-0.2, 0) is 4.74 Å². The van der Waals surface area contributed by atoms with Gasteiger partial charge in [0.25, 0.3) is 0 Å². The minimum Gasteiger partial charge on any atom is -0.508 e. The number of rotatable bonds is 2. The van der Waals surface area contributed by atoms with E-state index in [4.69, 9.17) is 4.74 Å². The largest absolute Gasteiger partial charge is 0.508 e. The van der Waals surface area contributed by atoms with Crippen LogP contribution in [0, 0.1) is 0 Å². The van der Waals surface area contributed by atoms with Crippen molar-refractivity contribution in [3.63, 3.8) is 0 Å². The smallest absolute Gasteiger partial charge is 0.115 e. The monoisotopic (exact) mass is 334 g/mol. The van der Waals surface area contributed by atoms with Gasteiger partial charge in [0.15, 0.2) is 0 Å². The lowest BCUT2D eigenvalue weighted by Gasteiger charge is -2.34. The summed E-state index contributed by atoms with van der Waals surface area (Å²) in [5.41, 5.74) is 2.07. The van der Waals surface area contributed by atoms with Crippen LogP contribution in [0.1, 0.15) is 11.7 Å². The van der Waals surface area contributed by atoms with Crippen molar-refractivity contribution in [2.75, 3.05) is 24.6 Å². The number of morpholine rings is 1. The summed E-state index contributed by atoms with van der Waals surface area (Å²) in [6, 6.07) is 9.30. The van der Waals surface area contributed by atoms with Gasteiger partial charge in [0.2, 0.25) is 0 Å². The Balaban J connectivity index is 1.80. The van der Waals surface area contributed by atoms with E-state index in [1.807, 2.05) is 18.3 Å². The molecule has 104 valence electrons. The molecule has 0 spiro atoms. The standard InChI is InChI=1S/C15H15BrN2O2/c16-12-7-13(9-17-8-12)18-4-5-20-15(10-18)11-2-1-3-14(19)6-11/h1-3,6-9,15,19H,4-5,10H2/t15-/m1/s1. The first-order valence-corrected chi connectivity index (χ1v) is 7.28. The first kappa shape index (κ1) is 13.4. The summed E-state index contributed by atoms with van der Waals surface area (Å²) < 4.78 is 6.78. The fraction of sp³-hybridized carbons (Fsp3) is 0.267. The Morgan fingerprint density at radius 1 is 1.30 bits per heavy atom. The number of phenols is 1. The number of ether oxygens (including phenoxy) is 1. The van der Waals surface area contributed by atoms with Gasteiger partial charge >= 0.3 is 0 Å². The third-order valence-corrected chi connectivity index (χ3v) is 3.80. The van der Waals surface area contributed by atoms with Gasteiger partial charge < -0.3 is 14.7 Å². The van der Waals surface area contributed by atoms with Crippen LogP contribution >= 0.6 is 15.9 Å². The molecular weight excluding hydrogens is 320 g/mol. The number of nitrogens with zero attached hydrogens (tertiary/aromatic N) is 2. The number of pyridine rings is 1. The molecule has 1 aromatic heterocycles. The minimum absolute atomic E-state index is 0.0326. The van der Waals surface area contributed by atoms with E-state index in [2.05, 4.69) is 31.9 Å². The molecule has 20 heavy (non-hydrogen) atoms. The maximum atomic E-state index is 9.58. The van der Waals surface area contributed by atoms with Crippen molar-refractivity contribution in [1.29, 1.82) is 0 Å². The second-order valence-electron chi connectivity index (χ2n) is 4.76. The van der Waals surface area contributed by atoms with E-state index in [0.29, 0.717) is 6.61 Å². The van der Waals surface area contributed by atoms with Crippen LogP contribution in [0.4, 0.5) is 5.69 Å². The second-order valence-corrected chi connectivity index (χ2v) is 5.68. The van der Waals surface area contributed by atoms with Crippen molar-refractivity contribution >= 4 is 21.6 Å². The summed E-state index contributed by atoms with van der Waals surface area (Å²) in [6.45, 7) is 2.25. The molecule has 0 amide bonds. The number of anilines is 1. The number of aromatic nitrogens is 1. The molecule has 2 heterocycles. The molecule has 1 aliphatic heterocycles. The Kier molecular flexibility index (Phi) is 3.89. The average molecular weight is 335 g/mol. The molecule has 0 bridgehead atoms. The lowest BCUT2D eigenvalue weighted by atomic mass is 10.1. The summed E-state index contributed by atoms with van der Waals surface area (Å²) in [6.07, 6.45) is 3.60. The topological polar surface area (TPSA) is 45.6 Å². The Bertz CT molecular complexity index is 554. The van der Waals surface area contributed by atoms with Crippen molar-refractivity contribution in [3.05, 3.63) is 52.8 Å². The molecule has 4 nitrogen and oxygen atoms in total. The number of hydrogen-bond acceptors (Lipinski definition) is 4. The predicted octanol–water partition coefficient (Wildman–Crippen LogP) is 3.13. The first-order chi connectivity index (χ1) is 9.72. The number of benzene rings is 1. The number of phenolic OH excluding ortho intramolecular Hbond substituents is 1. The molecule has 0 saturated carbocycles. The van der Waals surface area contributed by atoms with E-state index < -0.39 is 0 Å². The fourth-order valence-electron chi connectivity index (χ4n) is 2.38. The lowest BCUT2D eigenvalue weighted by Crippen LogP contribution is -2.38. The van der Waals surface area contributed by atoms with Gasteiger partial charge in [0.1, 0.15) is 11.9 Å². The van der Waals surface area contributed by atoms with Gasteiger partial charge in [0.05, 0.1) is 18.5 Å². The van der Waals surface area contributed by atoms with Crippen LogP contribution < -0.4 is 4.90 Å². The van der Waals surface area contributed by atoms with Crippen molar-refractivity contribution in [2.45, 2.75) is 6.10 Å². The molecule has 0 radical (unpaired) electrons. The van der Waals surface area contributed by atoms with Gasteiger partial charge in [-0.2, -0.15) is 0 Å². The predicted molar refractivity (Wildman–Crippen MR) is 80.9 cm³/mol. The van der Waals surface area contributed by atoms with E-state index in [1.165, 1.54) is 0 Å². The molecule has 1 N–H and O–H groups in total.